The number of hydrogen-bond acceptors (Lipinski definition) is 4. The lowest BCUT2D eigenvalue weighted by atomic mass is 10.3. The largest absolute Gasteiger partial charge is 0.481 e. The van der Waals surface area contributed by atoms with Crippen molar-refractivity contribution in [1.29, 1.82) is 0 Å². The average Bonchev–Trinajstić information content (AvgIpc) is 2.15. The molecule has 0 saturated carbocycles. The number of rotatable bonds is 7. The van der Waals surface area contributed by atoms with Gasteiger partial charge >= 0.3 is 5.97 Å². The van der Waals surface area contributed by atoms with E-state index >= 15 is 0 Å². The Balaban J connectivity index is 3.57. The highest BCUT2D eigenvalue weighted by Crippen LogP contribution is 1.96. The maximum atomic E-state index is 11.3. The normalized spacial score (nSPS) is 11.6. The predicted octanol–water partition coefficient (Wildman–Crippen LogP) is -0.555. The molecular weight excluding hydrogens is 232 g/mol. The zero-order valence-corrected chi connectivity index (χ0v) is 10.1. The molecule has 0 saturated heterocycles. The third-order valence-corrected chi connectivity index (χ3v) is 2.53. The summed E-state index contributed by atoms with van der Waals surface area (Å²) in [5.74, 6) is -0.848. The lowest BCUT2D eigenvalue weighted by Crippen LogP contribution is -2.44. The van der Waals surface area contributed by atoms with Crippen LogP contribution in [0.5, 0.6) is 0 Å². The second-order valence-corrected chi connectivity index (χ2v) is 4.26. The van der Waals surface area contributed by atoms with Crippen LogP contribution < -0.4 is 10.6 Å². The Bertz CT molecular complexity index is 270. The number of carboxylic acids is 1. The van der Waals surface area contributed by atoms with Gasteiger partial charge in [-0.1, -0.05) is 0 Å². The highest BCUT2D eigenvalue weighted by Gasteiger charge is 2.12. The minimum atomic E-state index is -0.872. The van der Waals surface area contributed by atoms with Crippen molar-refractivity contribution in [3.63, 3.8) is 0 Å². The fourth-order valence-electron chi connectivity index (χ4n) is 0.929. The van der Waals surface area contributed by atoms with Crippen molar-refractivity contribution < 1.29 is 19.5 Å². The molecule has 3 N–H and O–H groups in total. The first-order chi connectivity index (χ1) is 7.43. The van der Waals surface area contributed by atoms with Gasteiger partial charge in [-0.05, 0) is 6.92 Å². The van der Waals surface area contributed by atoms with E-state index in [9.17, 15) is 14.4 Å². The van der Waals surface area contributed by atoms with Crippen LogP contribution in [0.4, 0.5) is 0 Å². The van der Waals surface area contributed by atoms with Gasteiger partial charge in [0.25, 0.3) is 0 Å². The monoisotopic (exact) mass is 248 g/mol. The van der Waals surface area contributed by atoms with E-state index in [0.29, 0.717) is 12.3 Å². The fraction of sp³-hybridized carbons (Fsp3) is 0.667. The molecule has 2 amide bonds. The Hall–Kier alpha value is -1.24. The molecule has 0 aliphatic rings. The van der Waals surface area contributed by atoms with Crippen LogP contribution in [0.3, 0.4) is 0 Å². The Morgan fingerprint density at radius 3 is 2.50 bits per heavy atom. The van der Waals surface area contributed by atoms with Crippen LogP contribution in [-0.2, 0) is 14.4 Å². The molecule has 0 fully saturated rings. The zero-order valence-electron chi connectivity index (χ0n) is 9.28. The van der Waals surface area contributed by atoms with Gasteiger partial charge in [0, 0.05) is 19.2 Å². The van der Waals surface area contributed by atoms with Crippen molar-refractivity contribution in [3.8, 4) is 0 Å². The number of carbonyl (C=O) groups excluding carboxylic acids is 2. The first kappa shape index (κ1) is 14.8. The van der Waals surface area contributed by atoms with Gasteiger partial charge in [-0.25, -0.2) is 0 Å². The zero-order chi connectivity index (χ0) is 12.6. The SMILES string of the molecule is CC(=O)NC(C)C(=O)NCCSCC(=O)O. The molecular formula is C9H16N2O4S. The molecule has 1 atom stereocenters. The highest BCUT2D eigenvalue weighted by molar-refractivity contribution is 7.99. The predicted molar refractivity (Wildman–Crippen MR) is 61.2 cm³/mol. The topological polar surface area (TPSA) is 95.5 Å². The van der Waals surface area contributed by atoms with E-state index in [1.54, 1.807) is 6.92 Å². The molecule has 6 nitrogen and oxygen atoms in total. The van der Waals surface area contributed by atoms with Crippen molar-refractivity contribution in [1.82, 2.24) is 10.6 Å². The van der Waals surface area contributed by atoms with Crippen LogP contribution in [0, 0.1) is 0 Å². The molecule has 1 unspecified atom stereocenters. The molecule has 0 heterocycles. The van der Waals surface area contributed by atoms with Crippen LogP contribution in [0.15, 0.2) is 0 Å². The van der Waals surface area contributed by atoms with Gasteiger partial charge in [0.05, 0.1) is 5.75 Å². The molecule has 0 aliphatic heterocycles. The lowest BCUT2D eigenvalue weighted by molar-refractivity contribution is -0.134. The Morgan fingerprint density at radius 2 is 2.00 bits per heavy atom. The molecule has 92 valence electrons. The number of hydrogen-bond donors (Lipinski definition) is 3. The number of nitrogens with one attached hydrogen (secondary N) is 2. The second kappa shape index (κ2) is 7.98. The van der Waals surface area contributed by atoms with Gasteiger partial charge in [-0.2, -0.15) is 0 Å². The Morgan fingerprint density at radius 1 is 1.38 bits per heavy atom. The van der Waals surface area contributed by atoms with Crippen LogP contribution in [0.2, 0.25) is 0 Å². The number of thioether (sulfide) groups is 1. The van der Waals surface area contributed by atoms with Crippen LogP contribution in [-0.4, -0.2) is 47.0 Å². The molecule has 0 radical (unpaired) electrons. The smallest absolute Gasteiger partial charge is 0.313 e. The Labute approximate surface area is 98.2 Å². The maximum absolute atomic E-state index is 11.3. The third kappa shape index (κ3) is 8.10. The molecule has 0 spiro atoms. The minimum Gasteiger partial charge on any atom is -0.481 e. The highest BCUT2D eigenvalue weighted by atomic mass is 32.2. The van der Waals surface area contributed by atoms with Crippen LogP contribution in [0.25, 0.3) is 0 Å². The van der Waals surface area contributed by atoms with Gasteiger partial charge in [-0.15, -0.1) is 11.8 Å². The summed E-state index contributed by atoms with van der Waals surface area (Å²) in [6.45, 7) is 3.31. The van der Waals surface area contributed by atoms with E-state index in [0.717, 1.165) is 0 Å². The van der Waals surface area contributed by atoms with Crippen molar-refractivity contribution in [2.24, 2.45) is 0 Å². The van der Waals surface area contributed by atoms with E-state index in [-0.39, 0.29) is 17.6 Å². The number of carbonyl (C=O) groups is 3. The summed E-state index contributed by atoms with van der Waals surface area (Å²) in [5, 5.41) is 13.4. The summed E-state index contributed by atoms with van der Waals surface area (Å²) < 4.78 is 0. The first-order valence-corrected chi connectivity index (χ1v) is 5.93. The van der Waals surface area contributed by atoms with Crippen LogP contribution in [0.1, 0.15) is 13.8 Å². The summed E-state index contributed by atoms with van der Waals surface area (Å²) in [7, 11) is 0. The molecule has 0 bridgehead atoms. The van der Waals surface area contributed by atoms with Gasteiger partial charge in [-0.3, -0.25) is 14.4 Å². The molecule has 16 heavy (non-hydrogen) atoms. The van der Waals surface area contributed by atoms with Gasteiger partial charge in [0.2, 0.25) is 11.8 Å². The fourth-order valence-corrected chi connectivity index (χ4v) is 1.49. The standard InChI is InChI=1S/C9H16N2O4S/c1-6(11-7(2)12)9(15)10-3-4-16-5-8(13)14/h6H,3-5H2,1-2H3,(H,10,15)(H,11,12)(H,13,14). The van der Waals surface area contributed by atoms with E-state index in [1.165, 1.54) is 18.7 Å². The van der Waals surface area contributed by atoms with Gasteiger partial charge < -0.3 is 15.7 Å². The third-order valence-electron chi connectivity index (χ3n) is 1.58. The molecule has 0 rings (SSSR count). The second-order valence-electron chi connectivity index (χ2n) is 3.16. The molecule has 0 aromatic heterocycles. The van der Waals surface area contributed by atoms with Gasteiger partial charge in [0.1, 0.15) is 6.04 Å². The summed E-state index contributed by atoms with van der Waals surface area (Å²) in [5.41, 5.74) is 0. The van der Waals surface area contributed by atoms with E-state index in [1.807, 2.05) is 0 Å². The number of carboxylic acid groups (broad SMARTS) is 1. The number of amides is 2. The molecule has 7 heteroatoms. The van der Waals surface area contributed by atoms with E-state index in [2.05, 4.69) is 10.6 Å². The van der Waals surface area contributed by atoms with Crippen molar-refractivity contribution in [3.05, 3.63) is 0 Å². The van der Waals surface area contributed by atoms with E-state index in [4.69, 9.17) is 5.11 Å². The first-order valence-electron chi connectivity index (χ1n) is 4.78. The van der Waals surface area contributed by atoms with Gasteiger partial charge in [0.15, 0.2) is 0 Å². The molecule has 0 aliphatic carbocycles. The quantitative estimate of drug-likeness (QED) is 0.525. The molecule has 0 aromatic carbocycles. The number of aliphatic carboxylic acids is 1. The summed E-state index contributed by atoms with van der Waals surface area (Å²) >= 11 is 1.23. The van der Waals surface area contributed by atoms with Crippen LogP contribution >= 0.6 is 11.8 Å². The lowest BCUT2D eigenvalue weighted by Gasteiger charge is -2.12. The maximum Gasteiger partial charge on any atom is 0.313 e. The summed E-state index contributed by atoms with van der Waals surface area (Å²) in [4.78, 5) is 32.1. The summed E-state index contributed by atoms with van der Waals surface area (Å²) in [6.07, 6.45) is 0. The van der Waals surface area contributed by atoms with Crippen molar-refractivity contribution in [2.75, 3.05) is 18.1 Å². The molecule has 0 aromatic rings. The Kier molecular flexibility index (Phi) is 7.36. The average molecular weight is 248 g/mol. The van der Waals surface area contributed by atoms with Crippen molar-refractivity contribution in [2.45, 2.75) is 19.9 Å². The van der Waals surface area contributed by atoms with Crippen molar-refractivity contribution >= 4 is 29.5 Å². The summed E-state index contributed by atoms with van der Waals surface area (Å²) in [6, 6.07) is -0.568. The minimum absolute atomic E-state index is 0.0249. The van der Waals surface area contributed by atoms with E-state index < -0.39 is 12.0 Å².